The van der Waals surface area contributed by atoms with E-state index in [1.54, 1.807) is 55.4 Å². The van der Waals surface area contributed by atoms with E-state index in [-0.39, 0.29) is 12.5 Å². The molecule has 3 rings (SSSR count). The van der Waals surface area contributed by atoms with Crippen molar-refractivity contribution >= 4 is 29.5 Å². The molecule has 0 spiro atoms. The fourth-order valence-electron chi connectivity index (χ4n) is 4.01. The third kappa shape index (κ3) is 10.2. The molecule has 5 amide bonds. The Hall–Kier alpha value is -4.51. The fourth-order valence-corrected chi connectivity index (χ4v) is 4.01. The van der Waals surface area contributed by atoms with Crippen LogP contribution in [-0.4, -0.2) is 66.0 Å². The number of aryl methyl sites for hydroxylation is 1. The second-order valence-electron chi connectivity index (χ2n) is 9.49. The Balaban J connectivity index is 1.51. The molecule has 0 saturated heterocycles. The van der Waals surface area contributed by atoms with Crippen LogP contribution < -0.4 is 20.7 Å². The molecule has 0 aliphatic carbocycles. The van der Waals surface area contributed by atoms with Crippen molar-refractivity contribution in [3.63, 3.8) is 0 Å². The molecule has 0 fully saturated rings. The minimum absolute atomic E-state index is 0.0548. The minimum Gasteiger partial charge on any atom is -0.457 e. The molecule has 0 radical (unpaired) electrons. The van der Waals surface area contributed by atoms with E-state index in [0.717, 1.165) is 26.1 Å². The van der Waals surface area contributed by atoms with Crippen LogP contribution in [0.25, 0.3) is 0 Å². The molecule has 10 nitrogen and oxygen atoms in total. The number of hydrogen-bond acceptors (Lipinski definition) is 6. The van der Waals surface area contributed by atoms with Crippen molar-refractivity contribution < 1.29 is 23.5 Å². The number of halogens is 1. The molecule has 1 heterocycles. The maximum atomic E-state index is 13.0. The van der Waals surface area contributed by atoms with Crippen LogP contribution in [0.5, 0.6) is 11.5 Å². The van der Waals surface area contributed by atoms with Gasteiger partial charge in [0.25, 0.3) is 0 Å². The summed E-state index contributed by atoms with van der Waals surface area (Å²) >= 11 is 0. The van der Waals surface area contributed by atoms with Gasteiger partial charge in [0.2, 0.25) is 5.91 Å². The molecule has 0 unspecified atom stereocenters. The summed E-state index contributed by atoms with van der Waals surface area (Å²) in [7, 11) is 1.75. The van der Waals surface area contributed by atoms with E-state index < -0.39 is 17.8 Å². The maximum absolute atomic E-state index is 13.0. The number of nitrogens with zero attached hydrogens (tertiary/aromatic N) is 3. The van der Waals surface area contributed by atoms with Gasteiger partial charge in [-0.15, -0.1) is 0 Å². The Bertz CT molecular complexity index is 1330. The number of pyridine rings is 1. The van der Waals surface area contributed by atoms with Crippen LogP contribution >= 0.6 is 0 Å². The van der Waals surface area contributed by atoms with Gasteiger partial charge in [0.15, 0.2) is 0 Å². The first-order chi connectivity index (χ1) is 19.7. The molecule has 2 aromatic carbocycles. The second kappa shape index (κ2) is 15.3. The van der Waals surface area contributed by atoms with Gasteiger partial charge in [0, 0.05) is 31.5 Å². The van der Waals surface area contributed by atoms with Crippen LogP contribution in [0, 0.1) is 12.7 Å². The van der Waals surface area contributed by atoms with Crippen LogP contribution in [0.1, 0.15) is 31.4 Å². The molecule has 0 saturated carbocycles. The highest BCUT2D eigenvalue weighted by atomic mass is 19.1. The number of urea groups is 2. The highest BCUT2D eigenvalue weighted by molar-refractivity contribution is 6.02. The van der Waals surface area contributed by atoms with E-state index in [2.05, 4.69) is 39.7 Å². The normalized spacial score (nSPS) is 10.7. The van der Waals surface area contributed by atoms with Crippen molar-refractivity contribution in [2.45, 2.75) is 33.6 Å². The van der Waals surface area contributed by atoms with Crippen LogP contribution in [0.15, 0.2) is 60.8 Å². The van der Waals surface area contributed by atoms with Gasteiger partial charge in [-0.05, 0) is 80.5 Å². The summed E-state index contributed by atoms with van der Waals surface area (Å²) in [5.41, 5.74) is 1.79. The maximum Gasteiger partial charge on any atom is 0.325 e. The number of hydrogen-bond donors (Lipinski definition) is 3. The fraction of sp³-hybridized carbons (Fsp3) is 0.333. The molecule has 0 bridgehead atoms. The van der Waals surface area contributed by atoms with E-state index in [9.17, 15) is 18.8 Å². The van der Waals surface area contributed by atoms with Crippen molar-refractivity contribution in [1.29, 1.82) is 0 Å². The molecule has 3 N–H and O–H groups in total. The van der Waals surface area contributed by atoms with Crippen molar-refractivity contribution in [1.82, 2.24) is 20.1 Å². The largest absolute Gasteiger partial charge is 0.457 e. The molecule has 41 heavy (non-hydrogen) atoms. The minimum atomic E-state index is -0.679. The average molecular weight is 565 g/mol. The smallest absolute Gasteiger partial charge is 0.325 e. The molecule has 1 aromatic heterocycles. The Morgan fingerprint density at radius 3 is 2.32 bits per heavy atom. The van der Waals surface area contributed by atoms with Gasteiger partial charge in [-0.25, -0.2) is 19.0 Å². The van der Waals surface area contributed by atoms with E-state index in [1.165, 1.54) is 24.3 Å². The van der Waals surface area contributed by atoms with Crippen LogP contribution in [-0.2, 0) is 11.2 Å². The van der Waals surface area contributed by atoms with Gasteiger partial charge in [-0.2, -0.15) is 0 Å². The first-order valence-corrected chi connectivity index (χ1v) is 13.5. The Morgan fingerprint density at radius 2 is 1.63 bits per heavy atom. The summed E-state index contributed by atoms with van der Waals surface area (Å²) in [4.78, 5) is 45.2. The monoisotopic (exact) mass is 564 g/mol. The zero-order valence-electron chi connectivity index (χ0n) is 23.9. The molecule has 0 atom stereocenters. The summed E-state index contributed by atoms with van der Waals surface area (Å²) in [6.45, 7) is 9.55. The summed E-state index contributed by atoms with van der Waals surface area (Å²) in [5.74, 6) is 0.436. The van der Waals surface area contributed by atoms with E-state index in [4.69, 9.17) is 4.74 Å². The van der Waals surface area contributed by atoms with E-state index in [0.29, 0.717) is 40.7 Å². The topological polar surface area (TPSA) is 116 Å². The van der Waals surface area contributed by atoms with Gasteiger partial charge in [-0.1, -0.05) is 26.0 Å². The Kier molecular flexibility index (Phi) is 11.6. The lowest BCUT2D eigenvalue weighted by molar-refractivity contribution is -0.119. The lowest BCUT2D eigenvalue weighted by Crippen LogP contribution is -2.35. The predicted octanol–water partition coefficient (Wildman–Crippen LogP) is 5.41. The Labute approximate surface area is 239 Å². The lowest BCUT2D eigenvalue weighted by Gasteiger charge is -2.21. The Morgan fingerprint density at radius 1 is 0.927 bits per heavy atom. The summed E-state index contributed by atoms with van der Waals surface area (Å²) in [6, 6.07) is 12.9. The number of nitrogens with one attached hydrogen (secondary N) is 3. The number of carbonyl (C=O) groups excluding carboxylic acids is 3. The number of carbonyl (C=O) groups is 3. The molecule has 3 aromatic rings. The molecular weight excluding hydrogens is 527 g/mol. The van der Waals surface area contributed by atoms with Crippen molar-refractivity contribution in [2.75, 3.05) is 43.9 Å². The zero-order valence-corrected chi connectivity index (χ0v) is 23.9. The van der Waals surface area contributed by atoms with Crippen LogP contribution in [0.3, 0.4) is 0 Å². The van der Waals surface area contributed by atoms with Gasteiger partial charge >= 0.3 is 12.1 Å². The van der Waals surface area contributed by atoms with Gasteiger partial charge in [-0.3, -0.25) is 15.4 Å². The molecule has 218 valence electrons. The number of anilines is 2. The molecular formula is C30H37FN6O4. The summed E-state index contributed by atoms with van der Waals surface area (Å²) in [5, 5.41) is 7.70. The average Bonchev–Trinajstić information content (AvgIpc) is 2.94. The third-order valence-electron chi connectivity index (χ3n) is 6.39. The SMILES string of the molecule is CCN(CC)CCCN(C)C(=O)Nc1cc(Oc2ccc(NC(=O)NC(=O)Cc3ccc(F)cc3)c(C)c2)ccn1. The van der Waals surface area contributed by atoms with Gasteiger partial charge in [0.05, 0.1) is 6.42 Å². The predicted molar refractivity (Wildman–Crippen MR) is 157 cm³/mol. The lowest BCUT2D eigenvalue weighted by atomic mass is 10.1. The first kappa shape index (κ1) is 31.0. The van der Waals surface area contributed by atoms with Crippen LogP contribution in [0.4, 0.5) is 25.5 Å². The highest BCUT2D eigenvalue weighted by Crippen LogP contribution is 2.27. The number of aromatic nitrogens is 1. The molecule has 0 aliphatic rings. The highest BCUT2D eigenvalue weighted by Gasteiger charge is 2.13. The standard InChI is InChI=1S/C30H37FN6O4/c1-5-37(6-2)17-7-16-36(4)30(40)34-27-20-25(14-15-32-27)41-24-12-13-26(21(3)18-24)33-29(39)35-28(38)19-22-8-10-23(31)11-9-22/h8-15,18,20H,5-7,16-17,19H2,1-4H3,(H,32,34,40)(H2,33,35,38,39). The van der Waals surface area contributed by atoms with E-state index in [1.807, 2.05) is 0 Å². The number of imide groups is 1. The molecule has 0 aliphatic heterocycles. The van der Waals surface area contributed by atoms with E-state index >= 15 is 0 Å². The van der Waals surface area contributed by atoms with Crippen molar-refractivity contribution in [3.8, 4) is 11.5 Å². The van der Waals surface area contributed by atoms with Gasteiger partial charge < -0.3 is 19.9 Å². The summed E-state index contributed by atoms with van der Waals surface area (Å²) in [6.07, 6.45) is 2.36. The van der Waals surface area contributed by atoms with Crippen molar-refractivity contribution in [2.24, 2.45) is 0 Å². The number of rotatable bonds is 12. The second-order valence-corrected chi connectivity index (χ2v) is 9.49. The van der Waals surface area contributed by atoms with Crippen molar-refractivity contribution in [3.05, 3.63) is 77.7 Å². The molecule has 11 heteroatoms. The number of amides is 5. The number of benzene rings is 2. The van der Waals surface area contributed by atoms with Crippen LogP contribution in [0.2, 0.25) is 0 Å². The number of ether oxygens (including phenoxy) is 1. The first-order valence-electron chi connectivity index (χ1n) is 13.5. The van der Waals surface area contributed by atoms with Gasteiger partial charge in [0.1, 0.15) is 23.1 Å². The quantitative estimate of drug-likeness (QED) is 0.271. The zero-order chi connectivity index (χ0) is 29.8. The third-order valence-corrected chi connectivity index (χ3v) is 6.39. The summed E-state index contributed by atoms with van der Waals surface area (Å²) < 4.78 is 19.0.